The van der Waals surface area contributed by atoms with Crippen molar-refractivity contribution in [3.63, 3.8) is 0 Å². The summed E-state index contributed by atoms with van der Waals surface area (Å²) in [7, 11) is 0. The Morgan fingerprint density at radius 1 is 0.618 bits per heavy atom. The third-order valence-electron chi connectivity index (χ3n) is 8.79. The van der Waals surface area contributed by atoms with Crippen LogP contribution in [-0.2, 0) is 35.2 Å². The fraction of sp³-hybridized carbons (Fsp3) is 0.378. The summed E-state index contributed by atoms with van der Waals surface area (Å²) < 4.78 is 10.4. The topological polar surface area (TPSA) is 123 Å². The van der Waals surface area contributed by atoms with E-state index in [2.05, 4.69) is 52.3 Å². The number of thioether (sulfide) groups is 1. The zero-order valence-electron chi connectivity index (χ0n) is 32.9. The molecule has 3 atom stereocenters. The number of rotatable bonds is 17. The molecule has 0 aliphatic carbocycles. The summed E-state index contributed by atoms with van der Waals surface area (Å²) in [6.07, 6.45) is -0.485. The minimum Gasteiger partial charge on any atom is -0.458 e. The molecule has 3 N–H and O–H groups in total. The van der Waals surface area contributed by atoms with Crippen molar-refractivity contribution in [2.24, 2.45) is 11.8 Å². The van der Waals surface area contributed by atoms with Gasteiger partial charge in [0.2, 0.25) is 11.8 Å². The van der Waals surface area contributed by atoms with Crippen LogP contribution >= 0.6 is 11.8 Å². The Hall–Kier alpha value is -5.09. The number of alkyl carbamates (subject to hydrolysis) is 1. The Kier molecular flexibility index (Phi) is 15.5. The van der Waals surface area contributed by atoms with Gasteiger partial charge in [-0.05, 0) is 61.3 Å². The van der Waals surface area contributed by atoms with E-state index in [1.54, 1.807) is 20.8 Å². The maximum absolute atomic E-state index is 14.5. The summed E-state index contributed by atoms with van der Waals surface area (Å²) in [4.78, 5) is 54.9. The first-order valence-electron chi connectivity index (χ1n) is 18.8. The van der Waals surface area contributed by atoms with Crippen molar-refractivity contribution in [3.05, 3.63) is 144 Å². The molecule has 3 amide bonds. The van der Waals surface area contributed by atoms with Crippen LogP contribution in [0.1, 0.15) is 77.1 Å². The van der Waals surface area contributed by atoms with E-state index in [9.17, 15) is 19.2 Å². The van der Waals surface area contributed by atoms with Crippen molar-refractivity contribution in [1.29, 1.82) is 0 Å². The number of hydrogen-bond acceptors (Lipinski definition) is 7. The minimum absolute atomic E-state index is 0.00795. The van der Waals surface area contributed by atoms with Gasteiger partial charge in [0.05, 0.1) is 4.75 Å². The van der Waals surface area contributed by atoms with E-state index < -0.39 is 52.4 Å². The molecule has 292 valence electrons. The molecule has 0 saturated heterocycles. The fourth-order valence-corrected chi connectivity index (χ4v) is 7.72. The Labute approximate surface area is 330 Å². The van der Waals surface area contributed by atoms with Gasteiger partial charge in [0.1, 0.15) is 30.3 Å². The van der Waals surface area contributed by atoms with Crippen LogP contribution < -0.4 is 16.0 Å². The maximum Gasteiger partial charge on any atom is 0.408 e. The van der Waals surface area contributed by atoms with Crippen molar-refractivity contribution >= 4 is 35.6 Å². The first kappa shape index (κ1) is 42.6. The van der Waals surface area contributed by atoms with Gasteiger partial charge in [0, 0.05) is 5.75 Å². The lowest BCUT2D eigenvalue weighted by Gasteiger charge is -2.36. The molecule has 0 saturated carbocycles. The van der Waals surface area contributed by atoms with Crippen LogP contribution in [0.4, 0.5) is 4.79 Å². The van der Waals surface area contributed by atoms with E-state index in [-0.39, 0.29) is 30.6 Å². The first-order chi connectivity index (χ1) is 26.2. The maximum atomic E-state index is 14.5. The monoisotopic (exact) mass is 765 g/mol. The van der Waals surface area contributed by atoms with Gasteiger partial charge in [0.15, 0.2) is 0 Å². The van der Waals surface area contributed by atoms with Crippen molar-refractivity contribution in [2.75, 3.05) is 5.75 Å². The highest BCUT2D eigenvalue weighted by Crippen LogP contribution is 2.48. The number of hydrogen-bond donors (Lipinski definition) is 3. The summed E-state index contributed by atoms with van der Waals surface area (Å²) in [5, 5.41) is 8.59. The molecular formula is C45H55N3O6S. The minimum atomic E-state index is -1.13. The van der Waals surface area contributed by atoms with Crippen LogP contribution in [-0.4, -0.2) is 53.4 Å². The Morgan fingerprint density at radius 3 is 1.51 bits per heavy atom. The van der Waals surface area contributed by atoms with Gasteiger partial charge >= 0.3 is 12.1 Å². The summed E-state index contributed by atoms with van der Waals surface area (Å²) >= 11 is 1.50. The third kappa shape index (κ3) is 12.5. The molecule has 0 fully saturated rings. The molecule has 9 nitrogen and oxygen atoms in total. The number of ether oxygens (including phenoxy) is 2. The molecule has 0 spiro atoms. The van der Waals surface area contributed by atoms with E-state index >= 15 is 0 Å². The van der Waals surface area contributed by atoms with Crippen molar-refractivity contribution in [3.8, 4) is 0 Å². The molecule has 4 aromatic rings. The fourth-order valence-electron chi connectivity index (χ4n) is 6.16. The van der Waals surface area contributed by atoms with E-state index in [0.29, 0.717) is 0 Å². The number of benzene rings is 4. The molecule has 4 aromatic carbocycles. The summed E-state index contributed by atoms with van der Waals surface area (Å²) in [5.74, 6) is -1.80. The number of carbonyl (C=O) groups excluding carboxylic acids is 4. The number of esters is 1. The van der Waals surface area contributed by atoms with Crippen LogP contribution in [0.5, 0.6) is 0 Å². The highest BCUT2D eigenvalue weighted by molar-refractivity contribution is 8.00. The van der Waals surface area contributed by atoms with Gasteiger partial charge in [-0.3, -0.25) is 9.59 Å². The Balaban J connectivity index is 1.69. The van der Waals surface area contributed by atoms with Gasteiger partial charge in [-0.1, -0.05) is 149 Å². The molecule has 0 radical (unpaired) electrons. The molecule has 0 aromatic heterocycles. The lowest BCUT2D eigenvalue weighted by Crippen LogP contribution is -2.58. The predicted octanol–water partition coefficient (Wildman–Crippen LogP) is 8.02. The van der Waals surface area contributed by atoms with E-state index in [4.69, 9.17) is 9.47 Å². The molecule has 55 heavy (non-hydrogen) atoms. The normalized spacial score (nSPS) is 13.3. The second-order valence-corrected chi connectivity index (χ2v) is 16.5. The van der Waals surface area contributed by atoms with Gasteiger partial charge in [-0.15, -0.1) is 11.8 Å². The molecule has 0 aliphatic rings. The number of nitrogens with one attached hydrogen (secondary N) is 3. The van der Waals surface area contributed by atoms with Crippen LogP contribution in [0.15, 0.2) is 121 Å². The van der Waals surface area contributed by atoms with Crippen LogP contribution in [0, 0.1) is 11.8 Å². The molecule has 0 unspecified atom stereocenters. The molecular weight excluding hydrogens is 711 g/mol. The van der Waals surface area contributed by atoms with E-state index in [1.165, 1.54) is 11.8 Å². The van der Waals surface area contributed by atoms with Crippen LogP contribution in [0.25, 0.3) is 0 Å². The van der Waals surface area contributed by atoms with Crippen molar-refractivity contribution in [2.45, 2.75) is 90.0 Å². The highest BCUT2D eigenvalue weighted by Gasteiger charge is 2.40. The quantitative estimate of drug-likeness (QED) is 0.0735. The summed E-state index contributed by atoms with van der Waals surface area (Å²) in [6, 6.07) is 36.3. The Morgan fingerprint density at radius 2 is 1.07 bits per heavy atom. The van der Waals surface area contributed by atoms with Crippen molar-refractivity contribution < 1.29 is 28.7 Å². The SMILES string of the molecule is CC(C)C[C@H](NC(=O)[C@@H](CSC(c1ccccc1)(c1ccccc1)c1ccccc1)NC(=O)OCc1ccccc1)C(=O)N[C@H](C(=O)OC(C)(C)C)C(C)C. The van der Waals surface area contributed by atoms with Crippen LogP contribution in [0.2, 0.25) is 0 Å². The average molecular weight is 766 g/mol. The summed E-state index contributed by atoms with van der Waals surface area (Å²) in [5.41, 5.74) is 3.01. The second-order valence-electron chi connectivity index (χ2n) is 15.3. The second kappa shape index (κ2) is 20.0. The number of amides is 3. The lowest BCUT2D eigenvalue weighted by atomic mass is 9.84. The number of carbonyl (C=O) groups is 4. The smallest absolute Gasteiger partial charge is 0.408 e. The highest BCUT2D eigenvalue weighted by atomic mass is 32.2. The van der Waals surface area contributed by atoms with Gasteiger partial charge in [0.25, 0.3) is 0 Å². The average Bonchev–Trinajstić information content (AvgIpc) is 3.16. The van der Waals surface area contributed by atoms with Gasteiger partial charge < -0.3 is 25.4 Å². The predicted molar refractivity (Wildman–Crippen MR) is 219 cm³/mol. The van der Waals surface area contributed by atoms with Crippen molar-refractivity contribution in [1.82, 2.24) is 16.0 Å². The zero-order chi connectivity index (χ0) is 40.0. The molecule has 4 rings (SSSR count). The molecule has 0 bridgehead atoms. The molecule has 0 heterocycles. The van der Waals surface area contributed by atoms with Crippen LogP contribution in [0.3, 0.4) is 0 Å². The third-order valence-corrected chi connectivity index (χ3v) is 10.4. The van der Waals surface area contributed by atoms with Gasteiger partial charge in [-0.25, -0.2) is 9.59 Å². The van der Waals surface area contributed by atoms with E-state index in [0.717, 1.165) is 22.3 Å². The zero-order valence-corrected chi connectivity index (χ0v) is 33.7. The molecule has 10 heteroatoms. The summed E-state index contributed by atoms with van der Waals surface area (Å²) in [6.45, 7) is 12.8. The standard InChI is InChI=1S/C45H55N3O6S/c1-31(2)28-37(40(49)48-39(32(3)4)42(51)54-44(5,6)7)46-41(50)38(47-43(52)53-29-33-20-12-8-13-21-33)30-55-45(34-22-14-9-15-23-34,35-24-16-10-17-25-35)36-26-18-11-19-27-36/h8-27,31-32,37-39H,28-30H2,1-7H3,(H,46,50)(H,47,52)(H,48,49)/t37-,38+,39-/m0/s1. The lowest BCUT2D eigenvalue weighted by molar-refractivity contribution is -0.160. The molecule has 0 aliphatic heterocycles. The Bertz CT molecular complexity index is 1720. The largest absolute Gasteiger partial charge is 0.458 e. The van der Waals surface area contributed by atoms with E-state index in [1.807, 2.05) is 113 Å². The first-order valence-corrected chi connectivity index (χ1v) is 19.8. The van der Waals surface area contributed by atoms with Gasteiger partial charge in [-0.2, -0.15) is 0 Å².